The Kier molecular flexibility index (Phi) is 4.62. The van der Waals surface area contributed by atoms with Crippen molar-refractivity contribution in [2.45, 2.75) is 20.0 Å². The van der Waals surface area contributed by atoms with E-state index in [-0.39, 0.29) is 12.4 Å². The number of rotatable bonds is 6. The highest BCUT2D eigenvalue weighted by Crippen LogP contribution is 2.22. The molecule has 0 saturated heterocycles. The first kappa shape index (κ1) is 13.7. The highest BCUT2D eigenvalue weighted by Gasteiger charge is 2.10. The van der Waals surface area contributed by atoms with Gasteiger partial charge in [0.2, 0.25) is 0 Å². The third kappa shape index (κ3) is 3.60. The average molecular weight is 285 g/mol. The third-order valence-electron chi connectivity index (χ3n) is 2.35. The van der Waals surface area contributed by atoms with Gasteiger partial charge in [-0.25, -0.2) is 8.78 Å². The first-order chi connectivity index (χ1) is 9.20. The molecule has 0 saturated carbocycles. The zero-order valence-electron chi connectivity index (χ0n) is 10.3. The molecule has 0 atom stereocenters. The Bertz CT molecular complexity index is 548. The van der Waals surface area contributed by atoms with Crippen molar-refractivity contribution in [1.82, 2.24) is 9.59 Å². The number of halogens is 2. The molecule has 0 aliphatic carbocycles. The fourth-order valence-electron chi connectivity index (χ4n) is 1.41. The van der Waals surface area contributed by atoms with Crippen LogP contribution in [0.3, 0.4) is 0 Å². The summed E-state index contributed by atoms with van der Waals surface area (Å²) < 4.78 is 35.4. The largest absolute Gasteiger partial charge is 0.484 e. The van der Waals surface area contributed by atoms with Crippen molar-refractivity contribution in [2.75, 3.05) is 11.9 Å². The van der Waals surface area contributed by atoms with Crippen LogP contribution >= 0.6 is 11.5 Å². The van der Waals surface area contributed by atoms with E-state index in [1.165, 1.54) is 11.5 Å². The van der Waals surface area contributed by atoms with Gasteiger partial charge in [0.25, 0.3) is 0 Å². The van der Waals surface area contributed by atoms with E-state index in [1.54, 1.807) is 0 Å². The van der Waals surface area contributed by atoms with Crippen LogP contribution in [0.25, 0.3) is 0 Å². The molecule has 1 heterocycles. The van der Waals surface area contributed by atoms with Gasteiger partial charge in [-0.3, -0.25) is 0 Å². The summed E-state index contributed by atoms with van der Waals surface area (Å²) in [6.07, 6.45) is 0.969. The number of ether oxygens (including phenoxy) is 1. The third-order valence-corrected chi connectivity index (χ3v) is 3.07. The van der Waals surface area contributed by atoms with Gasteiger partial charge in [0.15, 0.2) is 11.6 Å². The van der Waals surface area contributed by atoms with Gasteiger partial charge in [0.05, 0.1) is 0 Å². The van der Waals surface area contributed by atoms with E-state index in [0.717, 1.165) is 36.2 Å². The Morgan fingerprint density at radius 1 is 1.37 bits per heavy atom. The minimum atomic E-state index is -0.604. The van der Waals surface area contributed by atoms with Gasteiger partial charge in [-0.15, -0.1) is 5.10 Å². The number of anilines is 1. The van der Waals surface area contributed by atoms with Crippen LogP contribution in [-0.2, 0) is 6.61 Å². The van der Waals surface area contributed by atoms with Crippen molar-refractivity contribution in [3.63, 3.8) is 0 Å². The van der Waals surface area contributed by atoms with Crippen molar-refractivity contribution in [1.29, 1.82) is 0 Å². The maximum Gasteiger partial charge on any atom is 0.165 e. The van der Waals surface area contributed by atoms with Gasteiger partial charge in [0.1, 0.15) is 23.1 Å². The number of nitrogens with one attached hydrogen (secondary N) is 1. The SMILES string of the molecule is CCCNc1snnc1COc1cc(F)ccc1F. The minimum absolute atomic E-state index is 0.0446. The van der Waals surface area contributed by atoms with Crippen LogP contribution in [0, 0.1) is 11.6 Å². The van der Waals surface area contributed by atoms with Crippen LogP contribution in [0.5, 0.6) is 5.75 Å². The van der Waals surface area contributed by atoms with Crippen molar-refractivity contribution in [3.8, 4) is 5.75 Å². The molecule has 1 aromatic carbocycles. The zero-order valence-corrected chi connectivity index (χ0v) is 11.1. The van der Waals surface area contributed by atoms with Crippen molar-refractivity contribution >= 4 is 16.5 Å². The van der Waals surface area contributed by atoms with E-state index in [1.807, 2.05) is 6.92 Å². The van der Waals surface area contributed by atoms with E-state index in [4.69, 9.17) is 4.74 Å². The molecule has 2 rings (SSSR count). The Morgan fingerprint density at radius 2 is 2.21 bits per heavy atom. The lowest BCUT2D eigenvalue weighted by Gasteiger charge is -2.07. The maximum atomic E-state index is 13.4. The van der Waals surface area contributed by atoms with Gasteiger partial charge in [-0.2, -0.15) is 0 Å². The van der Waals surface area contributed by atoms with Crippen molar-refractivity contribution in [2.24, 2.45) is 0 Å². The van der Waals surface area contributed by atoms with Gasteiger partial charge < -0.3 is 10.1 Å². The molecular weight excluding hydrogens is 272 g/mol. The predicted molar refractivity (Wildman–Crippen MR) is 69.4 cm³/mol. The second-order valence-corrected chi connectivity index (χ2v) is 4.59. The topological polar surface area (TPSA) is 47.0 Å². The highest BCUT2D eigenvalue weighted by molar-refractivity contribution is 7.10. The van der Waals surface area contributed by atoms with Gasteiger partial charge >= 0.3 is 0 Å². The lowest BCUT2D eigenvalue weighted by Crippen LogP contribution is -2.04. The summed E-state index contributed by atoms with van der Waals surface area (Å²) in [6.45, 7) is 2.88. The second kappa shape index (κ2) is 6.42. The summed E-state index contributed by atoms with van der Waals surface area (Å²) >= 11 is 1.21. The van der Waals surface area contributed by atoms with Crippen molar-refractivity contribution < 1.29 is 13.5 Å². The molecule has 0 spiro atoms. The molecule has 0 fully saturated rings. The molecule has 0 aliphatic heterocycles. The summed E-state index contributed by atoms with van der Waals surface area (Å²) in [5.41, 5.74) is 0.585. The standard InChI is InChI=1S/C12H13F2N3OS/c1-2-5-15-12-10(16-17-19-12)7-18-11-6-8(13)3-4-9(11)14/h3-4,6,15H,2,5,7H2,1H3. The molecule has 102 valence electrons. The minimum Gasteiger partial charge on any atom is -0.484 e. The molecule has 0 aliphatic rings. The molecule has 19 heavy (non-hydrogen) atoms. The average Bonchev–Trinajstić information content (AvgIpc) is 2.85. The zero-order chi connectivity index (χ0) is 13.7. The van der Waals surface area contributed by atoms with Crippen molar-refractivity contribution in [3.05, 3.63) is 35.5 Å². The van der Waals surface area contributed by atoms with Crippen LogP contribution in [0.2, 0.25) is 0 Å². The van der Waals surface area contributed by atoms with Gasteiger partial charge in [-0.05, 0) is 18.6 Å². The summed E-state index contributed by atoms with van der Waals surface area (Å²) in [5.74, 6) is -1.28. The lowest BCUT2D eigenvalue weighted by atomic mass is 10.3. The molecule has 0 bridgehead atoms. The predicted octanol–water partition coefficient (Wildman–Crippen LogP) is 3.22. The molecule has 2 aromatic rings. The Labute approximate surface area is 113 Å². The Hall–Kier alpha value is -1.76. The van der Waals surface area contributed by atoms with E-state index < -0.39 is 11.6 Å². The first-order valence-corrected chi connectivity index (χ1v) is 6.61. The van der Waals surface area contributed by atoms with Crippen LogP contribution in [0.1, 0.15) is 19.0 Å². The van der Waals surface area contributed by atoms with Crippen LogP contribution in [0.15, 0.2) is 18.2 Å². The summed E-state index contributed by atoms with van der Waals surface area (Å²) in [4.78, 5) is 0. The van der Waals surface area contributed by atoms with E-state index in [2.05, 4.69) is 14.9 Å². The summed E-state index contributed by atoms with van der Waals surface area (Å²) in [7, 11) is 0. The molecule has 4 nitrogen and oxygen atoms in total. The number of hydrogen-bond donors (Lipinski definition) is 1. The molecule has 0 unspecified atom stereocenters. The van der Waals surface area contributed by atoms with E-state index in [0.29, 0.717) is 5.69 Å². The quantitative estimate of drug-likeness (QED) is 0.885. The van der Waals surface area contributed by atoms with Crippen LogP contribution in [-0.4, -0.2) is 16.1 Å². The molecule has 0 amide bonds. The smallest absolute Gasteiger partial charge is 0.165 e. The second-order valence-electron chi connectivity index (χ2n) is 3.84. The van der Waals surface area contributed by atoms with E-state index >= 15 is 0 Å². The summed E-state index contributed by atoms with van der Waals surface area (Å²) in [6, 6.07) is 3.08. The first-order valence-electron chi connectivity index (χ1n) is 5.83. The lowest BCUT2D eigenvalue weighted by molar-refractivity contribution is 0.284. The Morgan fingerprint density at radius 3 is 3.00 bits per heavy atom. The monoisotopic (exact) mass is 285 g/mol. The molecule has 0 radical (unpaired) electrons. The molecular formula is C12H13F2N3OS. The van der Waals surface area contributed by atoms with E-state index in [9.17, 15) is 8.78 Å². The number of benzene rings is 1. The van der Waals surface area contributed by atoms with Crippen LogP contribution in [0.4, 0.5) is 13.8 Å². The highest BCUT2D eigenvalue weighted by atomic mass is 32.1. The van der Waals surface area contributed by atoms with Gasteiger partial charge in [-0.1, -0.05) is 11.4 Å². The summed E-state index contributed by atoms with van der Waals surface area (Å²) in [5, 5.41) is 7.84. The number of hydrogen-bond acceptors (Lipinski definition) is 5. The number of aromatic nitrogens is 2. The molecule has 1 N–H and O–H groups in total. The normalized spacial score (nSPS) is 10.5. The fourth-order valence-corrected chi connectivity index (χ4v) is 2.00. The van der Waals surface area contributed by atoms with Gasteiger partial charge in [0, 0.05) is 24.1 Å². The Balaban J connectivity index is 2.02. The molecule has 7 heteroatoms. The number of nitrogens with zero attached hydrogens (tertiary/aromatic N) is 2. The fraction of sp³-hybridized carbons (Fsp3) is 0.333. The molecule has 1 aromatic heterocycles. The van der Waals surface area contributed by atoms with Crippen LogP contribution < -0.4 is 10.1 Å². The maximum absolute atomic E-state index is 13.4.